The molecular formula is C20H34O6. The zero-order chi connectivity index (χ0) is 19.5. The van der Waals surface area contributed by atoms with E-state index in [0.717, 1.165) is 0 Å². The van der Waals surface area contributed by atoms with Gasteiger partial charge in [-0.15, -0.1) is 0 Å². The van der Waals surface area contributed by atoms with Gasteiger partial charge in [0.2, 0.25) is 0 Å². The molecule has 6 heteroatoms. The Kier molecular flexibility index (Phi) is 3.69. The lowest BCUT2D eigenvalue weighted by Crippen LogP contribution is -2.60. The van der Waals surface area contributed by atoms with Crippen molar-refractivity contribution in [2.24, 2.45) is 28.6 Å². The summed E-state index contributed by atoms with van der Waals surface area (Å²) in [5, 5.41) is 67.1. The number of aliphatic hydroxyl groups excluding tert-OH is 3. The van der Waals surface area contributed by atoms with Gasteiger partial charge < -0.3 is 30.6 Å². The first kappa shape index (κ1) is 19.1. The lowest BCUT2D eigenvalue weighted by atomic mass is 9.57. The second-order valence-corrected chi connectivity index (χ2v) is 10.7. The third-order valence-corrected chi connectivity index (χ3v) is 9.26. The Balaban J connectivity index is 1.89. The van der Waals surface area contributed by atoms with Gasteiger partial charge in [0.15, 0.2) is 0 Å². The molecule has 0 heterocycles. The maximum Gasteiger partial charge on any atom is 0.104 e. The van der Waals surface area contributed by atoms with E-state index in [1.807, 2.05) is 0 Å². The van der Waals surface area contributed by atoms with Crippen LogP contribution in [0.15, 0.2) is 0 Å². The zero-order valence-electron chi connectivity index (χ0n) is 16.2. The molecule has 0 aromatic heterocycles. The average Bonchev–Trinajstić information content (AvgIpc) is 2.72. The highest BCUT2D eigenvalue weighted by Crippen LogP contribution is 2.69. The van der Waals surface area contributed by atoms with Gasteiger partial charge in [-0.2, -0.15) is 0 Å². The van der Waals surface area contributed by atoms with Crippen molar-refractivity contribution in [2.75, 3.05) is 0 Å². The third kappa shape index (κ3) is 1.89. The predicted octanol–water partition coefficient (Wildman–Crippen LogP) is 0.168. The van der Waals surface area contributed by atoms with Crippen LogP contribution in [0.4, 0.5) is 0 Å². The highest BCUT2D eigenvalue weighted by atomic mass is 16.4. The molecule has 4 rings (SSSR count). The molecule has 4 aliphatic carbocycles. The van der Waals surface area contributed by atoms with Crippen LogP contribution >= 0.6 is 0 Å². The van der Waals surface area contributed by atoms with E-state index in [1.54, 1.807) is 27.7 Å². The topological polar surface area (TPSA) is 121 Å². The Morgan fingerprint density at radius 3 is 2.04 bits per heavy atom. The Hall–Kier alpha value is -0.240. The van der Waals surface area contributed by atoms with E-state index in [2.05, 4.69) is 0 Å². The molecule has 26 heavy (non-hydrogen) atoms. The van der Waals surface area contributed by atoms with Crippen LogP contribution in [0.3, 0.4) is 0 Å². The van der Waals surface area contributed by atoms with Crippen LogP contribution in [0.2, 0.25) is 0 Å². The lowest BCUT2D eigenvalue weighted by molar-refractivity contribution is -0.201. The van der Waals surface area contributed by atoms with Crippen molar-refractivity contribution < 1.29 is 30.6 Å². The minimum absolute atomic E-state index is 0.116. The summed E-state index contributed by atoms with van der Waals surface area (Å²) in [5.41, 5.74) is -5.91. The van der Waals surface area contributed by atoms with Gasteiger partial charge >= 0.3 is 0 Å². The van der Waals surface area contributed by atoms with Crippen LogP contribution in [0, 0.1) is 28.6 Å². The van der Waals surface area contributed by atoms with Crippen LogP contribution in [0.5, 0.6) is 0 Å². The monoisotopic (exact) mass is 370 g/mol. The molecule has 6 nitrogen and oxygen atoms in total. The molecule has 2 bridgehead atoms. The third-order valence-electron chi connectivity index (χ3n) is 9.26. The molecule has 0 radical (unpaired) electrons. The molecule has 4 fully saturated rings. The van der Waals surface area contributed by atoms with E-state index in [1.165, 1.54) is 0 Å². The highest BCUT2D eigenvalue weighted by Gasteiger charge is 2.76. The molecule has 0 amide bonds. The first-order chi connectivity index (χ1) is 11.7. The van der Waals surface area contributed by atoms with E-state index in [9.17, 15) is 30.6 Å². The van der Waals surface area contributed by atoms with Gasteiger partial charge in [0.1, 0.15) is 5.60 Å². The highest BCUT2D eigenvalue weighted by molar-refractivity contribution is 5.25. The lowest BCUT2D eigenvalue weighted by Gasteiger charge is -2.51. The van der Waals surface area contributed by atoms with Crippen LogP contribution < -0.4 is 0 Å². The minimum atomic E-state index is -1.66. The Morgan fingerprint density at radius 2 is 1.42 bits per heavy atom. The summed E-state index contributed by atoms with van der Waals surface area (Å²) in [6.45, 7) is 6.87. The molecule has 10 atom stereocenters. The summed E-state index contributed by atoms with van der Waals surface area (Å²) in [4.78, 5) is 0. The van der Waals surface area contributed by atoms with E-state index >= 15 is 0 Å². The molecule has 0 aromatic carbocycles. The van der Waals surface area contributed by atoms with Crippen molar-refractivity contribution in [2.45, 2.75) is 94.9 Å². The Morgan fingerprint density at radius 1 is 0.808 bits per heavy atom. The van der Waals surface area contributed by atoms with E-state index in [4.69, 9.17) is 0 Å². The fourth-order valence-electron chi connectivity index (χ4n) is 7.80. The van der Waals surface area contributed by atoms with Gasteiger partial charge in [-0.25, -0.2) is 0 Å². The van der Waals surface area contributed by atoms with Crippen LogP contribution in [0.1, 0.15) is 59.8 Å². The summed E-state index contributed by atoms with van der Waals surface area (Å²) < 4.78 is 0. The molecule has 0 aromatic rings. The average molecular weight is 370 g/mol. The summed E-state index contributed by atoms with van der Waals surface area (Å²) in [7, 11) is 0. The van der Waals surface area contributed by atoms with Gasteiger partial charge in [-0.3, -0.25) is 0 Å². The fourth-order valence-corrected chi connectivity index (χ4v) is 7.80. The molecule has 150 valence electrons. The fraction of sp³-hybridized carbons (Fsp3) is 1.00. The standard InChI is InChI=1S/C20H34O6/c1-16(2)13(21)7-12-18(4,25)11-6-5-10-15(23)19(11,9-17(10,3)24)8-14(22)20(12,16)26/h10-15,21-26H,5-9H2,1-4H3/t10?,11-,12-,13-,14+,15+,17?,18?,19-,20-/m0/s1. The zero-order valence-corrected chi connectivity index (χ0v) is 16.2. The molecule has 1 spiro atoms. The van der Waals surface area contributed by atoms with Gasteiger partial charge in [0.25, 0.3) is 0 Å². The van der Waals surface area contributed by atoms with Crippen molar-refractivity contribution >= 4 is 0 Å². The number of hydrogen-bond donors (Lipinski definition) is 6. The first-order valence-corrected chi connectivity index (χ1v) is 9.94. The largest absolute Gasteiger partial charge is 0.392 e. The van der Waals surface area contributed by atoms with Crippen molar-refractivity contribution in [3.05, 3.63) is 0 Å². The van der Waals surface area contributed by atoms with Crippen molar-refractivity contribution in [3.8, 4) is 0 Å². The second-order valence-electron chi connectivity index (χ2n) is 10.7. The maximum atomic E-state index is 11.7. The number of fused-ring (bicyclic) bond motifs is 2. The van der Waals surface area contributed by atoms with E-state index in [-0.39, 0.29) is 24.7 Å². The van der Waals surface area contributed by atoms with Gasteiger partial charge in [0, 0.05) is 22.7 Å². The van der Waals surface area contributed by atoms with Crippen molar-refractivity contribution in [3.63, 3.8) is 0 Å². The van der Waals surface area contributed by atoms with Crippen molar-refractivity contribution in [1.29, 1.82) is 0 Å². The number of hydrogen-bond acceptors (Lipinski definition) is 6. The normalized spacial score (nSPS) is 63.9. The van der Waals surface area contributed by atoms with E-state index in [0.29, 0.717) is 19.3 Å². The quantitative estimate of drug-likeness (QED) is 0.361. The molecule has 4 saturated carbocycles. The summed E-state index contributed by atoms with van der Waals surface area (Å²) in [6.07, 6.45) is -1.01. The predicted molar refractivity (Wildman–Crippen MR) is 94.0 cm³/mol. The molecule has 6 N–H and O–H groups in total. The van der Waals surface area contributed by atoms with E-state index < -0.39 is 51.9 Å². The number of aliphatic hydroxyl groups is 6. The van der Waals surface area contributed by atoms with Gasteiger partial charge in [-0.1, -0.05) is 13.8 Å². The molecular weight excluding hydrogens is 336 g/mol. The maximum absolute atomic E-state index is 11.7. The van der Waals surface area contributed by atoms with Crippen LogP contribution in [0.25, 0.3) is 0 Å². The van der Waals surface area contributed by atoms with Crippen LogP contribution in [-0.2, 0) is 0 Å². The van der Waals surface area contributed by atoms with Crippen LogP contribution in [-0.4, -0.2) is 65.8 Å². The molecule has 0 aliphatic heterocycles. The second kappa shape index (κ2) is 5.02. The SMILES string of the molecule is CC1(O)C[C@@]23C[C@@H](O)[C@@]4(O)[C@@H](C[C@H](O)C4(C)C)C(C)(O)[C@@H]2CCC1[C@H]3O. The van der Waals surface area contributed by atoms with Gasteiger partial charge in [-0.05, 0) is 51.9 Å². The van der Waals surface area contributed by atoms with Gasteiger partial charge in [0.05, 0.1) is 29.5 Å². The minimum Gasteiger partial charge on any atom is -0.392 e. The molecule has 0 saturated heterocycles. The number of rotatable bonds is 0. The molecule has 4 aliphatic rings. The summed E-state index contributed by atoms with van der Waals surface area (Å²) in [5.74, 6) is -1.34. The first-order valence-electron chi connectivity index (χ1n) is 9.94. The Bertz CT molecular complexity index is 615. The Labute approximate surface area is 154 Å². The summed E-state index contributed by atoms with van der Waals surface area (Å²) in [6, 6.07) is 0. The van der Waals surface area contributed by atoms with Crippen molar-refractivity contribution in [1.82, 2.24) is 0 Å². The summed E-state index contributed by atoms with van der Waals surface area (Å²) >= 11 is 0. The molecule has 3 unspecified atom stereocenters. The smallest absolute Gasteiger partial charge is 0.104 e.